The van der Waals surface area contributed by atoms with Crippen molar-refractivity contribution < 1.29 is 9.53 Å². The molecule has 0 unspecified atom stereocenters. The SMILES string of the molecule is Cc1ccc(S[C@]23CCCC[C@H]2[C@H](Cl)C(=O)O3)cc1. The molecule has 19 heavy (non-hydrogen) atoms. The fourth-order valence-corrected chi connectivity index (χ4v) is 4.88. The third-order valence-corrected chi connectivity index (χ3v) is 5.94. The average Bonchev–Trinajstić information content (AvgIpc) is 2.65. The van der Waals surface area contributed by atoms with Crippen molar-refractivity contribution in [3.05, 3.63) is 29.8 Å². The first-order chi connectivity index (χ1) is 9.11. The van der Waals surface area contributed by atoms with E-state index in [-0.39, 0.29) is 11.9 Å². The minimum Gasteiger partial charge on any atom is -0.446 e. The molecule has 1 aromatic rings. The van der Waals surface area contributed by atoms with Crippen LogP contribution in [0.1, 0.15) is 31.2 Å². The van der Waals surface area contributed by atoms with E-state index in [1.165, 1.54) is 5.56 Å². The number of rotatable bonds is 2. The van der Waals surface area contributed by atoms with Crippen LogP contribution < -0.4 is 0 Å². The smallest absolute Gasteiger partial charge is 0.325 e. The van der Waals surface area contributed by atoms with Gasteiger partial charge < -0.3 is 4.74 Å². The van der Waals surface area contributed by atoms with Gasteiger partial charge in [-0.05, 0) is 38.3 Å². The van der Waals surface area contributed by atoms with Gasteiger partial charge in [-0.15, -0.1) is 11.6 Å². The summed E-state index contributed by atoms with van der Waals surface area (Å²) in [6.45, 7) is 2.07. The van der Waals surface area contributed by atoms with Crippen molar-refractivity contribution in [1.82, 2.24) is 0 Å². The number of fused-ring (bicyclic) bond motifs is 1. The van der Waals surface area contributed by atoms with Crippen molar-refractivity contribution in [3.63, 3.8) is 0 Å². The zero-order valence-electron chi connectivity index (χ0n) is 10.9. The van der Waals surface area contributed by atoms with Gasteiger partial charge in [-0.25, -0.2) is 0 Å². The topological polar surface area (TPSA) is 26.3 Å². The summed E-state index contributed by atoms with van der Waals surface area (Å²) in [7, 11) is 0. The summed E-state index contributed by atoms with van der Waals surface area (Å²) in [4.78, 5) is 12.5. The zero-order chi connectivity index (χ0) is 13.5. The van der Waals surface area contributed by atoms with Gasteiger partial charge >= 0.3 is 5.97 Å². The molecular formula is C15H17ClO2S. The average molecular weight is 297 g/mol. The summed E-state index contributed by atoms with van der Waals surface area (Å²) in [5, 5.41) is -0.474. The maximum Gasteiger partial charge on any atom is 0.325 e. The molecule has 2 fully saturated rings. The van der Waals surface area contributed by atoms with Crippen LogP contribution in [0.3, 0.4) is 0 Å². The molecule has 0 aromatic heterocycles. The Morgan fingerprint density at radius 1 is 1.32 bits per heavy atom. The van der Waals surface area contributed by atoms with E-state index in [1.807, 2.05) is 0 Å². The van der Waals surface area contributed by atoms with Crippen LogP contribution in [0.15, 0.2) is 29.2 Å². The third-order valence-electron chi connectivity index (χ3n) is 4.02. The third kappa shape index (κ3) is 2.38. The summed E-state index contributed by atoms with van der Waals surface area (Å²) in [6.07, 6.45) is 4.14. The molecule has 1 aliphatic carbocycles. The normalized spacial score (nSPS) is 33.9. The summed E-state index contributed by atoms with van der Waals surface area (Å²) >= 11 is 7.90. The van der Waals surface area contributed by atoms with Gasteiger partial charge in [0.2, 0.25) is 0 Å². The van der Waals surface area contributed by atoms with Crippen LogP contribution in [-0.2, 0) is 9.53 Å². The first-order valence-corrected chi connectivity index (χ1v) is 7.99. The predicted molar refractivity (Wildman–Crippen MR) is 77.5 cm³/mol. The summed E-state index contributed by atoms with van der Waals surface area (Å²) in [6, 6.07) is 8.36. The van der Waals surface area contributed by atoms with E-state index in [4.69, 9.17) is 16.3 Å². The lowest BCUT2D eigenvalue weighted by molar-refractivity contribution is -0.143. The van der Waals surface area contributed by atoms with Crippen LogP contribution in [-0.4, -0.2) is 16.3 Å². The largest absolute Gasteiger partial charge is 0.446 e. The fraction of sp³-hybridized carbons (Fsp3) is 0.533. The van der Waals surface area contributed by atoms with Gasteiger partial charge in [0.15, 0.2) is 4.93 Å². The number of carbonyl (C=O) groups is 1. The molecule has 0 amide bonds. The second kappa shape index (κ2) is 5.02. The highest BCUT2D eigenvalue weighted by atomic mass is 35.5. The number of benzene rings is 1. The Hall–Kier alpha value is -0.670. The van der Waals surface area contributed by atoms with Crippen molar-refractivity contribution in [2.45, 2.75) is 47.8 Å². The maximum atomic E-state index is 11.8. The molecule has 1 saturated carbocycles. The fourth-order valence-electron chi connectivity index (χ4n) is 2.98. The van der Waals surface area contributed by atoms with Gasteiger partial charge in [-0.3, -0.25) is 4.79 Å². The number of ether oxygens (including phenoxy) is 1. The minimum atomic E-state index is -0.474. The molecule has 2 aliphatic rings. The number of hydrogen-bond acceptors (Lipinski definition) is 3. The molecule has 1 aromatic carbocycles. The molecule has 3 rings (SSSR count). The lowest BCUT2D eigenvalue weighted by Gasteiger charge is -2.36. The highest BCUT2D eigenvalue weighted by Crippen LogP contribution is 2.54. The molecule has 2 nitrogen and oxygen atoms in total. The number of halogens is 1. The van der Waals surface area contributed by atoms with Crippen molar-refractivity contribution in [1.29, 1.82) is 0 Å². The van der Waals surface area contributed by atoms with E-state index >= 15 is 0 Å². The number of hydrogen-bond donors (Lipinski definition) is 0. The molecular weight excluding hydrogens is 280 g/mol. The van der Waals surface area contributed by atoms with E-state index in [0.29, 0.717) is 0 Å². The van der Waals surface area contributed by atoms with E-state index in [2.05, 4.69) is 31.2 Å². The van der Waals surface area contributed by atoms with E-state index in [0.717, 1.165) is 30.6 Å². The second-order valence-electron chi connectivity index (χ2n) is 5.40. The zero-order valence-corrected chi connectivity index (χ0v) is 12.5. The molecule has 1 saturated heterocycles. The Balaban J connectivity index is 1.87. The molecule has 102 valence electrons. The highest BCUT2D eigenvalue weighted by molar-refractivity contribution is 8.00. The van der Waals surface area contributed by atoms with Gasteiger partial charge in [-0.1, -0.05) is 35.9 Å². The number of carbonyl (C=O) groups excluding carboxylic acids is 1. The molecule has 0 spiro atoms. The number of alkyl halides is 1. The minimum absolute atomic E-state index is 0.140. The van der Waals surface area contributed by atoms with Crippen LogP contribution in [0.2, 0.25) is 0 Å². The standard InChI is InChI=1S/C15H17ClO2S/c1-10-5-7-11(8-6-10)19-15-9-3-2-4-12(15)13(16)14(17)18-15/h5-8,12-13H,2-4,9H2,1H3/t12-,13-,15+/m0/s1. The van der Waals surface area contributed by atoms with Crippen LogP contribution in [0.5, 0.6) is 0 Å². The number of esters is 1. The Kier molecular flexibility index (Phi) is 3.52. The Morgan fingerprint density at radius 3 is 2.79 bits per heavy atom. The Bertz CT molecular complexity index is 487. The van der Waals surface area contributed by atoms with E-state index in [9.17, 15) is 4.79 Å². The van der Waals surface area contributed by atoms with Crippen molar-refractivity contribution in [2.24, 2.45) is 5.92 Å². The van der Waals surface area contributed by atoms with Gasteiger partial charge in [0.1, 0.15) is 5.38 Å². The van der Waals surface area contributed by atoms with Crippen LogP contribution in [0.25, 0.3) is 0 Å². The van der Waals surface area contributed by atoms with Crippen LogP contribution >= 0.6 is 23.4 Å². The number of thioether (sulfide) groups is 1. The molecule has 0 bridgehead atoms. The van der Waals surface area contributed by atoms with Gasteiger partial charge in [0.25, 0.3) is 0 Å². The lowest BCUT2D eigenvalue weighted by Crippen LogP contribution is -2.36. The van der Waals surface area contributed by atoms with Gasteiger partial charge in [-0.2, -0.15) is 0 Å². The Labute approximate surface area is 122 Å². The molecule has 4 heteroatoms. The second-order valence-corrected chi connectivity index (χ2v) is 7.24. The first-order valence-electron chi connectivity index (χ1n) is 6.73. The monoisotopic (exact) mass is 296 g/mol. The maximum absolute atomic E-state index is 11.8. The molecule has 0 N–H and O–H groups in total. The summed E-state index contributed by atoms with van der Waals surface area (Å²) in [5.74, 6) is -0.102. The quantitative estimate of drug-likeness (QED) is 0.606. The molecule has 3 atom stereocenters. The molecule has 1 heterocycles. The van der Waals surface area contributed by atoms with E-state index < -0.39 is 10.3 Å². The van der Waals surface area contributed by atoms with Crippen molar-refractivity contribution in [2.75, 3.05) is 0 Å². The lowest BCUT2D eigenvalue weighted by atomic mass is 9.85. The van der Waals surface area contributed by atoms with Crippen molar-refractivity contribution >= 4 is 29.3 Å². The highest BCUT2D eigenvalue weighted by Gasteiger charge is 2.56. The summed E-state index contributed by atoms with van der Waals surface area (Å²) < 4.78 is 5.69. The number of aryl methyl sites for hydroxylation is 1. The summed E-state index contributed by atoms with van der Waals surface area (Å²) in [5.41, 5.74) is 1.24. The Morgan fingerprint density at radius 2 is 2.05 bits per heavy atom. The molecule has 1 aliphatic heterocycles. The van der Waals surface area contributed by atoms with Gasteiger partial charge in [0, 0.05) is 10.8 Å². The van der Waals surface area contributed by atoms with Crippen LogP contribution in [0, 0.1) is 12.8 Å². The van der Waals surface area contributed by atoms with Gasteiger partial charge in [0.05, 0.1) is 0 Å². The first kappa shape index (κ1) is 13.3. The van der Waals surface area contributed by atoms with Crippen LogP contribution in [0.4, 0.5) is 0 Å². The van der Waals surface area contributed by atoms with Crippen molar-refractivity contribution in [3.8, 4) is 0 Å². The predicted octanol–water partition coefficient (Wildman–Crippen LogP) is 4.14. The molecule has 0 radical (unpaired) electrons. The van der Waals surface area contributed by atoms with E-state index in [1.54, 1.807) is 11.8 Å².